The van der Waals surface area contributed by atoms with Crippen LogP contribution in [-0.4, -0.2) is 25.5 Å². The molecule has 3 heteroatoms. The van der Waals surface area contributed by atoms with E-state index in [0.29, 0.717) is 30.1 Å². The maximum absolute atomic E-state index is 11.9. The average molecular weight is 254 g/mol. The number of amides is 1. The molecule has 0 saturated carbocycles. The molecular weight excluding hydrogens is 224 g/mol. The third-order valence-electron chi connectivity index (χ3n) is 4.18. The van der Waals surface area contributed by atoms with Gasteiger partial charge >= 0.3 is 0 Å². The van der Waals surface area contributed by atoms with Crippen molar-refractivity contribution in [3.05, 3.63) is 0 Å². The lowest BCUT2D eigenvalue weighted by atomic mass is 9.85. The molecule has 1 aliphatic rings. The lowest BCUT2D eigenvalue weighted by Gasteiger charge is -2.26. The average Bonchev–Trinajstić information content (AvgIpc) is 2.29. The van der Waals surface area contributed by atoms with Crippen LogP contribution in [0.5, 0.6) is 0 Å². The second-order valence-corrected chi connectivity index (χ2v) is 6.35. The topological polar surface area (TPSA) is 41.1 Å². The standard InChI is InChI=1S/C15H30N2O/c1-11(2)14(12(3)4)10-17-15(18)9-13-5-7-16-8-6-13/h11-14,16H,5-10H2,1-4H3,(H,17,18). The van der Waals surface area contributed by atoms with Crippen molar-refractivity contribution in [1.29, 1.82) is 0 Å². The number of carbonyl (C=O) groups is 1. The zero-order valence-electron chi connectivity index (χ0n) is 12.5. The molecule has 1 fully saturated rings. The van der Waals surface area contributed by atoms with E-state index in [9.17, 15) is 4.79 Å². The molecule has 0 radical (unpaired) electrons. The predicted molar refractivity (Wildman–Crippen MR) is 76.4 cm³/mol. The minimum atomic E-state index is 0.244. The van der Waals surface area contributed by atoms with Crippen LogP contribution in [0.2, 0.25) is 0 Å². The van der Waals surface area contributed by atoms with Crippen LogP contribution in [0.4, 0.5) is 0 Å². The second kappa shape index (κ2) is 7.78. The molecule has 18 heavy (non-hydrogen) atoms. The summed E-state index contributed by atoms with van der Waals surface area (Å²) in [6.45, 7) is 11.9. The van der Waals surface area contributed by atoms with Crippen LogP contribution in [0.1, 0.15) is 47.0 Å². The molecule has 3 nitrogen and oxygen atoms in total. The summed E-state index contributed by atoms with van der Waals surface area (Å²) in [4.78, 5) is 11.9. The molecule has 106 valence electrons. The van der Waals surface area contributed by atoms with Crippen molar-refractivity contribution in [2.75, 3.05) is 19.6 Å². The highest BCUT2D eigenvalue weighted by molar-refractivity contribution is 5.76. The molecule has 0 aromatic rings. The van der Waals surface area contributed by atoms with Crippen molar-refractivity contribution in [1.82, 2.24) is 10.6 Å². The van der Waals surface area contributed by atoms with Crippen molar-refractivity contribution in [2.45, 2.75) is 47.0 Å². The summed E-state index contributed by atoms with van der Waals surface area (Å²) in [5, 5.41) is 6.47. The highest BCUT2D eigenvalue weighted by atomic mass is 16.1. The van der Waals surface area contributed by atoms with Crippen LogP contribution < -0.4 is 10.6 Å². The predicted octanol–water partition coefficient (Wildman–Crippen LogP) is 2.42. The molecule has 0 spiro atoms. The number of carbonyl (C=O) groups excluding carboxylic acids is 1. The first-order valence-electron chi connectivity index (χ1n) is 7.48. The van der Waals surface area contributed by atoms with Gasteiger partial charge in [0.1, 0.15) is 0 Å². The molecule has 2 N–H and O–H groups in total. The van der Waals surface area contributed by atoms with E-state index in [1.807, 2.05) is 0 Å². The van der Waals surface area contributed by atoms with Crippen molar-refractivity contribution in [2.24, 2.45) is 23.7 Å². The SMILES string of the molecule is CC(C)C(CNC(=O)CC1CCNCC1)C(C)C. The fourth-order valence-corrected chi connectivity index (χ4v) is 2.89. The molecule has 0 aromatic carbocycles. The molecular formula is C15H30N2O. The van der Waals surface area contributed by atoms with Gasteiger partial charge in [-0.3, -0.25) is 4.79 Å². The van der Waals surface area contributed by atoms with E-state index in [4.69, 9.17) is 0 Å². The molecule has 0 unspecified atom stereocenters. The molecule has 1 saturated heterocycles. The molecule has 1 heterocycles. The zero-order chi connectivity index (χ0) is 13.5. The highest BCUT2D eigenvalue weighted by Crippen LogP contribution is 2.20. The third-order valence-corrected chi connectivity index (χ3v) is 4.18. The summed E-state index contributed by atoms with van der Waals surface area (Å²) in [6.07, 6.45) is 3.00. The Kier molecular flexibility index (Phi) is 6.69. The quantitative estimate of drug-likeness (QED) is 0.764. The molecule has 0 aliphatic carbocycles. The van der Waals surface area contributed by atoms with Crippen LogP contribution in [0, 0.1) is 23.7 Å². The van der Waals surface area contributed by atoms with E-state index < -0.39 is 0 Å². The number of hydrogen-bond acceptors (Lipinski definition) is 2. The Bertz CT molecular complexity index is 237. The summed E-state index contributed by atoms with van der Waals surface area (Å²) in [7, 11) is 0. The maximum atomic E-state index is 11.9. The normalized spacial score (nSPS) is 17.7. The van der Waals surface area contributed by atoms with Gasteiger partial charge in [-0.2, -0.15) is 0 Å². The largest absolute Gasteiger partial charge is 0.356 e. The van der Waals surface area contributed by atoms with Gasteiger partial charge < -0.3 is 10.6 Å². The molecule has 1 amide bonds. The molecule has 0 aromatic heterocycles. The molecule has 1 rings (SSSR count). The van der Waals surface area contributed by atoms with Crippen molar-refractivity contribution < 1.29 is 4.79 Å². The van der Waals surface area contributed by atoms with Crippen LogP contribution in [-0.2, 0) is 4.79 Å². The van der Waals surface area contributed by atoms with Crippen molar-refractivity contribution >= 4 is 5.91 Å². The van der Waals surface area contributed by atoms with Crippen molar-refractivity contribution in [3.63, 3.8) is 0 Å². The van der Waals surface area contributed by atoms with Gasteiger partial charge in [0.15, 0.2) is 0 Å². The fourth-order valence-electron chi connectivity index (χ4n) is 2.89. The molecule has 0 bridgehead atoms. The van der Waals surface area contributed by atoms with Gasteiger partial charge in [-0.1, -0.05) is 27.7 Å². The highest BCUT2D eigenvalue weighted by Gasteiger charge is 2.20. The second-order valence-electron chi connectivity index (χ2n) is 6.35. The minimum Gasteiger partial charge on any atom is -0.356 e. The van der Waals surface area contributed by atoms with Gasteiger partial charge in [0.05, 0.1) is 0 Å². The first-order valence-corrected chi connectivity index (χ1v) is 7.48. The lowest BCUT2D eigenvalue weighted by Crippen LogP contribution is -2.36. The monoisotopic (exact) mass is 254 g/mol. The van der Waals surface area contributed by atoms with E-state index in [0.717, 1.165) is 32.5 Å². The summed E-state index contributed by atoms with van der Waals surface area (Å²) in [5.74, 6) is 2.67. The fraction of sp³-hybridized carbons (Fsp3) is 0.933. The third kappa shape index (κ3) is 5.38. The Labute approximate surface area is 112 Å². The van der Waals surface area contributed by atoms with E-state index in [2.05, 4.69) is 38.3 Å². The smallest absolute Gasteiger partial charge is 0.220 e. The van der Waals surface area contributed by atoms with Crippen LogP contribution in [0.3, 0.4) is 0 Å². The summed E-state index contributed by atoms with van der Waals surface area (Å²) >= 11 is 0. The zero-order valence-corrected chi connectivity index (χ0v) is 12.5. The maximum Gasteiger partial charge on any atom is 0.220 e. The van der Waals surface area contributed by atoms with Gasteiger partial charge in [0.2, 0.25) is 5.91 Å². The van der Waals surface area contributed by atoms with E-state index in [1.54, 1.807) is 0 Å². The molecule has 1 aliphatic heterocycles. The number of rotatable bonds is 6. The van der Waals surface area contributed by atoms with Gasteiger partial charge in [0, 0.05) is 13.0 Å². The van der Waals surface area contributed by atoms with E-state index >= 15 is 0 Å². The Morgan fingerprint density at radius 1 is 1.17 bits per heavy atom. The Balaban J connectivity index is 2.26. The van der Waals surface area contributed by atoms with Crippen LogP contribution in [0.15, 0.2) is 0 Å². The number of hydrogen-bond donors (Lipinski definition) is 2. The van der Waals surface area contributed by atoms with Crippen molar-refractivity contribution in [3.8, 4) is 0 Å². The Hall–Kier alpha value is -0.570. The van der Waals surface area contributed by atoms with Crippen LogP contribution in [0.25, 0.3) is 0 Å². The summed E-state index contributed by atoms with van der Waals surface area (Å²) in [6, 6.07) is 0. The van der Waals surface area contributed by atoms with Crippen LogP contribution >= 0.6 is 0 Å². The van der Waals surface area contributed by atoms with Gasteiger partial charge in [0.25, 0.3) is 0 Å². The Morgan fingerprint density at radius 3 is 2.22 bits per heavy atom. The molecule has 0 atom stereocenters. The minimum absolute atomic E-state index is 0.244. The summed E-state index contributed by atoms with van der Waals surface area (Å²) < 4.78 is 0. The first kappa shape index (κ1) is 15.5. The lowest BCUT2D eigenvalue weighted by molar-refractivity contribution is -0.122. The van der Waals surface area contributed by atoms with Gasteiger partial charge in [-0.05, 0) is 49.6 Å². The Morgan fingerprint density at radius 2 is 1.72 bits per heavy atom. The van der Waals surface area contributed by atoms with E-state index in [-0.39, 0.29) is 5.91 Å². The number of piperidine rings is 1. The first-order chi connectivity index (χ1) is 8.50. The van der Waals surface area contributed by atoms with Gasteiger partial charge in [-0.15, -0.1) is 0 Å². The number of nitrogens with one attached hydrogen (secondary N) is 2. The summed E-state index contributed by atoms with van der Waals surface area (Å²) in [5.41, 5.74) is 0. The van der Waals surface area contributed by atoms with E-state index in [1.165, 1.54) is 0 Å². The van der Waals surface area contributed by atoms with Gasteiger partial charge in [-0.25, -0.2) is 0 Å².